The molecule has 0 spiro atoms. The molecule has 172 valence electrons. The zero-order chi connectivity index (χ0) is 23.4. The molecule has 0 amide bonds. The van der Waals surface area contributed by atoms with E-state index < -0.39 is 18.0 Å². The SMILES string of the molecule is COCCOc1nc(N)c2c(n1)N(Cc1ccc(C(=O)OC)cc1)C(c1cncc(F)c1)N2. The van der Waals surface area contributed by atoms with Crippen molar-refractivity contribution in [2.75, 3.05) is 43.4 Å². The van der Waals surface area contributed by atoms with Crippen molar-refractivity contribution in [3.63, 3.8) is 0 Å². The number of hydrogen-bond donors (Lipinski definition) is 2. The number of ether oxygens (including phenoxy) is 3. The Labute approximate surface area is 189 Å². The van der Waals surface area contributed by atoms with Crippen LogP contribution in [-0.4, -0.2) is 48.4 Å². The number of nitrogens with one attached hydrogen (secondary N) is 1. The number of benzene rings is 1. The highest BCUT2D eigenvalue weighted by atomic mass is 19.1. The van der Waals surface area contributed by atoms with Gasteiger partial charge in [0.15, 0.2) is 11.6 Å². The van der Waals surface area contributed by atoms with E-state index >= 15 is 0 Å². The summed E-state index contributed by atoms with van der Waals surface area (Å²) in [5.74, 6) is -0.182. The van der Waals surface area contributed by atoms with Gasteiger partial charge < -0.3 is 30.2 Å². The maximum Gasteiger partial charge on any atom is 0.337 e. The Bertz CT molecular complexity index is 1140. The number of fused-ring (bicyclic) bond motifs is 1. The Kier molecular flexibility index (Phi) is 6.50. The fourth-order valence-corrected chi connectivity index (χ4v) is 3.48. The number of methoxy groups -OCH3 is 2. The maximum absolute atomic E-state index is 13.9. The second kappa shape index (κ2) is 9.65. The summed E-state index contributed by atoms with van der Waals surface area (Å²) < 4.78 is 29.2. The predicted octanol–water partition coefficient (Wildman–Crippen LogP) is 2.54. The molecule has 4 rings (SSSR count). The normalized spacial score (nSPS) is 14.5. The summed E-state index contributed by atoms with van der Waals surface area (Å²) in [5, 5.41) is 3.26. The number of halogens is 1. The molecule has 0 bridgehead atoms. The molecule has 0 saturated carbocycles. The summed E-state index contributed by atoms with van der Waals surface area (Å²) in [6.07, 6.45) is 2.20. The molecule has 1 aliphatic rings. The smallest absolute Gasteiger partial charge is 0.337 e. The minimum absolute atomic E-state index is 0.106. The molecular weight excluding hydrogens is 431 g/mol. The molecule has 2 aromatic heterocycles. The molecule has 1 aliphatic heterocycles. The second-order valence-electron chi connectivity index (χ2n) is 7.23. The summed E-state index contributed by atoms with van der Waals surface area (Å²) in [6, 6.07) is 8.48. The van der Waals surface area contributed by atoms with Crippen molar-refractivity contribution < 1.29 is 23.4 Å². The van der Waals surface area contributed by atoms with Crippen molar-refractivity contribution in [3.8, 4) is 6.01 Å². The van der Waals surface area contributed by atoms with Crippen LogP contribution in [-0.2, 0) is 16.0 Å². The highest BCUT2D eigenvalue weighted by molar-refractivity contribution is 5.89. The van der Waals surface area contributed by atoms with Gasteiger partial charge in [0.2, 0.25) is 0 Å². The van der Waals surface area contributed by atoms with Crippen LogP contribution in [0.15, 0.2) is 42.7 Å². The van der Waals surface area contributed by atoms with Gasteiger partial charge in [-0.15, -0.1) is 0 Å². The van der Waals surface area contributed by atoms with Crippen LogP contribution in [0, 0.1) is 5.82 Å². The lowest BCUT2D eigenvalue weighted by Crippen LogP contribution is -2.28. The number of esters is 1. The third-order valence-electron chi connectivity index (χ3n) is 5.05. The van der Waals surface area contributed by atoms with Crippen LogP contribution >= 0.6 is 0 Å². The predicted molar refractivity (Wildman–Crippen MR) is 118 cm³/mol. The van der Waals surface area contributed by atoms with Gasteiger partial charge in [0.1, 0.15) is 24.3 Å². The number of nitrogens with zero attached hydrogens (tertiary/aromatic N) is 4. The number of aromatic nitrogens is 3. The van der Waals surface area contributed by atoms with E-state index in [1.807, 2.05) is 17.0 Å². The third-order valence-corrected chi connectivity index (χ3v) is 5.05. The molecule has 3 aromatic rings. The molecule has 3 heterocycles. The molecule has 0 fully saturated rings. The van der Waals surface area contributed by atoms with E-state index in [-0.39, 0.29) is 18.4 Å². The monoisotopic (exact) mass is 454 g/mol. The number of hydrogen-bond acceptors (Lipinski definition) is 10. The Balaban J connectivity index is 1.69. The summed E-state index contributed by atoms with van der Waals surface area (Å²) >= 11 is 0. The van der Waals surface area contributed by atoms with Crippen molar-refractivity contribution in [3.05, 3.63) is 65.2 Å². The van der Waals surface area contributed by atoms with Crippen LogP contribution in [0.5, 0.6) is 6.01 Å². The lowest BCUT2D eigenvalue weighted by Gasteiger charge is -2.26. The number of carbonyl (C=O) groups excluding carboxylic acids is 1. The Morgan fingerprint density at radius 1 is 1.18 bits per heavy atom. The molecule has 3 N–H and O–H groups in total. The van der Waals surface area contributed by atoms with Gasteiger partial charge in [0.25, 0.3) is 0 Å². The number of anilines is 3. The lowest BCUT2D eigenvalue weighted by molar-refractivity contribution is 0.0600. The molecule has 0 radical (unpaired) electrons. The van der Waals surface area contributed by atoms with Crippen molar-refractivity contribution in [2.45, 2.75) is 12.7 Å². The van der Waals surface area contributed by atoms with E-state index in [9.17, 15) is 9.18 Å². The van der Waals surface area contributed by atoms with Gasteiger partial charge >= 0.3 is 12.0 Å². The average molecular weight is 454 g/mol. The Hall–Kier alpha value is -3.99. The largest absolute Gasteiger partial charge is 0.465 e. The molecule has 0 saturated heterocycles. The minimum atomic E-state index is -0.505. The van der Waals surface area contributed by atoms with E-state index in [4.69, 9.17) is 19.9 Å². The number of carbonyl (C=O) groups is 1. The average Bonchev–Trinajstić information content (AvgIpc) is 3.18. The van der Waals surface area contributed by atoms with Gasteiger partial charge in [-0.2, -0.15) is 9.97 Å². The van der Waals surface area contributed by atoms with Crippen molar-refractivity contribution in [1.29, 1.82) is 0 Å². The molecule has 33 heavy (non-hydrogen) atoms. The highest BCUT2D eigenvalue weighted by Gasteiger charge is 2.34. The standard InChI is InChI=1S/C22H23FN6O4/c1-31-7-8-33-22-27-18(24)17-20(28-22)29(19(26-17)15-9-16(23)11-25-10-15)12-13-3-5-14(6-4-13)21(30)32-2/h3-6,9-11,19,26H,7-8,12H2,1-2H3,(H2,24,27,28). The van der Waals surface area contributed by atoms with Gasteiger partial charge in [0, 0.05) is 25.4 Å². The highest BCUT2D eigenvalue weighted by Crippen LogP contribution is 2.44. The lowest BCUT2D eigenvalue weighted by atomic mass is 10.1. The van der Waals surface area contributed by atoms with Crippen LogP contribution in [0.3, 0.4) is 0 Å². The fourth-order valence-electron chi connectivity index (χ4n) is 3.48. The first kappa shape index (κ1) is 22.2. The molecule has 1 aromatic carbocycles. The first-order valence-electron chi connectivity index (χ1n) is 10.1. The summed E-state index contributed by atoms with van der Waals surface area (Å²) in [7, 11) is 2.90. The van der Waals surface area contributed by atoms with E-state index in [2.05, 4.69) is 20.3 Å². The second-order valence-corrected chi connectivity index (χ2v) is 7.23. The zero-order valence-corrected chi connectivity index (χ0v) is 18.1. The van der Waals surface area contributed by atoms with E-state index in [0.717, 1.165) is 11.8 Å². The van der Waals surface area contributed by atoms with Crippen molar-refractivity contribution in [2.24, 2.45) is 0 Å². The molecule has 1 atom stereocenters. The first-order valence-corrected chi connectivity index (χ1v) is 10.1. The topological polar surface area (TPSA) is 125 Å². The maximum atomic E-state index is 13.9. The van der Waals surface area contributed by atoms with E-state index in [0.29, 0.717) is 35.8 Å². The molecular formula is C22H23FN6O4. The summed E-state index contributed by atoms with van der Waals surface area (Å²) in [4.78, 5) is 26.3. The van der Waals surface area contributed by atoms with Crippen LogP contribution in [0.1, 0.15) is 27.7 Å². The van der Waals surface area contributed by atoms with Gasteiger partial charge in [-0.05, 0) is 23.8 Å². The van der Waals surface area contributed by atoms with Crippen molar-refractivity contribution in [1.82, 2.24) is 15.0 Å². The number of rotatable bonds is 8. The van der Waals surface area contributed by atoms with Gasteiger partial charge in [-0.3, -0.25) is 4.98 Å². The number of nitrogens with two attached hydrogens (primary N) is 1. The van der Waals surface area contributed by atoms with Crippen LogP contribution < -0.4 is 20.7 Å². The number of nitrogen functional groups attached to an aromatic ring is 1. The van der Waals surface area contributed by atoms with Gasteiger partial charge in [0.05, 0.1) is 25.5 Å². The zero-order valence-electron chi connectivity index (χ0n) is 18.1. The Morgan fingerprint density at radius 3 is 2.67 bits per heavy atom. The minimum Gasteiger partial charge on any atom is -0.465 e. The number of pyridine rings is 1. The van der Waals surface area contributed by atoms with Crippen LogP contribution in [0.4, 0.5) is 21.7 Å². The molecule has 10 nitrogen and oxygen atoms in total. The summed E-state index contributed by atoms with van der Waals surface area (Å²) in [5.41, 5.74) is 8.59. The van der Waals surface area contributed by atoms with Gasteiger partial charge in [-0.25, -0.2) is 9.18 Å². The fraction of sp³-hybridized carbons (Fsp3) is 0.273. The molecule has 0 aliphatic carbocycles. The Morgan fingerprint density at radius 2 is 1.97 bits per heavy atom. The molecule has 11 heteroatoms. The quantitative estimate of drug-likeness (QED) is 0.387. The van der Waals surface area contributed by atoms with Crippen molar-refractivity contribution >= 4 is 23.3 Å². The molecule has 1 unspecified atom stereocenters. The van der Waals surface area contributed by atoms with Crippen LogP contribution in [0.2, 0.25) is 0 Å². The third kappa shape index (κ3) is 4.77. The van der Waals surface area contributed by atoms with Crippen LogP contribution in [0.25, 0.3) is 0 Å². The first-order chi connectivity index (χ1) is 16.0. The summed E-state index contributed by atoms with van der Waals surface area (Å²) in [6.45, 7) is 0.997. The van der Waals surface area contributed by atoms with E-state index in [1.165, 1.54) is 13.2 Å². The van der Waals surface area contributed by atoms with E-state index in [1.54, 1.807) is 25.4 Å². The van der Waals surface area contributed by atoms with Gasteiger partial charge in [-0.1, -0.05) is 12.1 Å².